The van der Waals surface area contributed by atoms with Gasteiger partial charge in [0.2, 0.25) is 0 Å². The van der Waals surface area contributed by atoms with Crippen molar-refractivity contribution in [3.63, 3.8) is 0 Å². The third-order valence-electron chi connectivity index (χ3n) is 3.50. The van der Waals surface area contributed by atoms with Gasteiger partial charge in [-0.25, -0.2) is 0 Å². The summed E-state index contributed by atoms with van der Waals surface area (Å²) in [7, 11) is 0. The van der Waals surface area contributed by atoms with Gasteiger partial charge in [-0.3, -0.25) is 4.79 Å². The number of hydrogen-bond acceptors (Lipinski definition) is 2. The second-order valence-corrected chi connectivity index (χ2v) is 6.91. The Morgan fingerprint density at radius 3 is 2.84 bits per heavy atom. The number of hydrogen-bond donors (Lipinski definition) is 1. The van der Waals surface area contributed by atoms with Crippen molar-refractivity contribution in [3.8, 4) is 0 Å². The number of amides is 1. The van der Waals surface area contributed by atoms with E-state index in [1.54, 1.807) is 0 Å². The Labute approximate surface area is 135 Å². The first kappa shape index (κ1) is 15.3. The van der Waals surface area contributed by atoms with Crippen molar-refractivity contribution in [2.24, 2.45) is 5.92 Å². The highest BCUT2D eigenvalue weighted by Gasteiger charge is 2.22. The molecule has 5 heteroatoms. The van der Waals surface area contributed by atoms with Gasteiger partial charge in [0.15, 0.2) is 0 Å². The number of rotatable bonds is 3. The highest BCUT2D eigenvalue weighted by Crippen LogP contribution is 2.21. The number of halogens is 2. The first-order chi connectivity index (χ1) is 9.08. The largest absolute Gasteiger partial charge is 0.381 e. The predicted molar refractivity (Wildman–Crippen MR) is 87.3 cm³/mol. The van der Waals surface area contributed by atoms with Crippen molar-refractivity contribution in [2.75, 3.05) is 13.2 Å². The number of ether oxygens (including phenoxy) is 1. The number of nitrogens with one attached hydrogen (secondary N) is 1. The SMILES string of the molecule is CC(NC(=O)c1cc(Br)ccc1I)C1CCOCC1. The van der Waals surface area contributed by atoms with E-state index in [0.29, 0.717) is 5.92 Å². The van der Waals surface area contributed by atoms with Crippen molar-refractivity contribution >= 4 is 44.4 Å². The zero-order valence-electron chi connectivity index (χ0n) is 10.8. The normalized spacial score (nSPS) is 18.1. The molecular formula is C14H17BrINO2. The molecule has 0 saturated carbocycles. The molecule has 3 nitrogen and oxygen atoms in total. The molecule has 1 atom stereocenters. The summed E-state index contributed by atoms with van der Waals surface area (Å²) in [5.41, 5.74) is 0.730. The minimum Gasteiger partial charge on any atom is -0.381 e. The molecule has 1 aromatic carbocycles. The smallest absolute Gasteiger partial charge is 0.252 e. The molecule has 0 aromatic heterocycles. The molecule has 2 rings (SSSR count). The highest BCUT2D eigenvalue weighted by molar-refractivity contribution is 14.1. The van der Waals surface area contributed by atoms with Gasteiger partial charge in [0.05, 0.1) is 5.56 Å². The fourth-order valence-electron chi connectivity index (χ4n) is 2.29. The molecule has 0 spiro atoms. The van der Waals surface area contributed by atoms with Gasteiger partial charge in [-0.2, -0.15) is 0 Å². The van der Waals surface area contributed by atoms with Crippen LogP contribution in [0.4, 0.5) is 0 Å². The van der Waals surface area contributed by atoms with Crippen molar-refractivity contribution in [2.45, 2.75) is 25.8 Å². The van der Waals surface area contributed by atoms with Crippen LogP contribution in [-0.2, 0) is 4.74 Å². The lowest BCUT2D eigenvalue weighted by Gasteiger charge is -2.28. The van der Waals surface area contributed by atoms with Crippen molar-refractivity contribution in [1.29, 1.82) is 0 Å². The van der Waals surface area contributed by atoms with Gasteiger partial charge >= 0.3 is 0 Å². The Bertz CT molecular complexity index is 461. The van der Waals surface area contributed by atoms with E-state index in [1.165, 1.54) is 0 Å². The first-order valence-electron chi connectivity index (χ1n) is 6.41. The maximum Gasteiger partial charge on any atom is 0.252 e. The molecule has 0 radical (unpaired) electrons. The van der Waals surface area contributed by atoms with Crippen LogP contribution >= 0.6 is 38.5 Å². The quantitative estimate of drug-likeness (QED) is 0.733. The van der Waals surface area contributed by atoms with Crippen LogP contribution in [0.1, 0.15) is 30.1 Å². The van der Waals surface area contributed by atoms with Crippen LogP contribution in [-0.4, -0.2) is 25.2 Å². The molecule has 0 aliphatic carbocycles. The van der Waals surface area contributed by atoms with Crippen molar-refractivity contribution in [1.82, 2.24) is 5.32 Å². The Hall–Kier alpha value is -0.140. The molecule has 1 unspecified atom stereocenters. The lowest BCUT2D eigenvalue weighted by atomic mass is 9.93. The molecule has 1 saturated heterocycles. The first-order valence-corrected chi connectivity index (χ1v) is 8.29. The summed E-state index contributed by atoms with van der Waals surface area (Å²) in [5, 5.41) is 3.11. The molecule has 1 aliphatic rings. The predicted octanol–water partition coefficient (Wildman–Crippen LogP) is 3.60. The third-order valence-corrected chi connectivity index (χ3v) is 4.94. The Kier molecular flexibility index (Phi) is 5.65. The van der Waals surface area contributed by atoms with E-state index in [2.05, 4.69) is 50.8 Å². The lowest BCUT2D eigenvalue weighted by molar-refractivity contribution is 0.0538. The second kappa shape index (κ2) is 7.04. The molecule has 19 heavy (non-hydrogen) atoms. The summed E-state index contributed by atoms with van der Waals surface area (Å²) in [6.07, 6.45) is 2.05. The van der Waals surface area contributed by atoms with E-state index >= 15 is 0 Å². The summed E-state index contributed by atoms with van der Waals surface area (Å²) in [6.45, 7) is 3.69. The number of carbonyl (C=O) groups is 1. The summed E-state index contributed by atoms with van der Waals surface area (Å²) < 4.78 is 7.25. The topological polar surface area (TPSA) is 38.3 Å². The Morgan fingerprint density at radius 1 is 1.47 bits per heavy atom. The Morgan fingerprint density at radius 2 is 2.16 bits per heavy atom. The molecule has 1 heterocycles. The van der Waals surface area contributed by atoms with Crippen molar-refractivity contribution in [3.05, 3.63) is 31.8 Å². The summed E-state index contributed by atoms with van der Waals surface area (Å²) in [6, 6.07) is 5.94. The standard InChI is InChI=1S/C14H17BrINO2/c1-9(10-4-6-19-7-5-10)17-14(18)12-8-11(15)2-3-13(12)16/h2-3,8-10H,4-7H2,1H3,(H,17,18). The maximum atomic E-state index is 12.3. The van der Waals surface area contributed by atoms with Crippen LogP contribution in [0.3, 0.4) is 0 Å². The molecule has 1 aromatic rings. The van der Waals surface area contributed by atoms with E-state index in [4.69, 9.17) is 4.74 Å². The van der Waals surface area contributed by atoms with Crippen LogP contribution in [0, 0.1) is 9.49 Å². The Balaban J connectivity index is 2.01. The van der Waals surface area contributed by atoms with Crippen LogP contribution in [0.5, 0.6) is 0 Å². The van der Waals surface area contributed by atoms with E-state index in [9.17, 15) is 4.79 Å². The fraction of sp³-hybridized carbons (Fsp3) is 0.500. The van der Waals surface area contributed by atoms with Gasteiger partial charge in [-0.1, -0.05) is 15.9 Å². The average molecular weight is 438 g/mol. The summed E-state index contributed by atoms with van der Waals surface area (Å²) in [5.74, 6) is 0.521. The molecular weight excluding hydrogens is 421 g/mol. The van der Waals surface area contributed by atoms with E-state index in [-0.39, 0.29) is 11.9 Å². The average Bonchev–Trinajstić information content (AvgIpc) is 2.42. The van der Waals surface area contributed by atoms with Gasteiger partial charge in [0.1, 0.15) is 0 Å². The molecule has 0 bridgehead atoms. The summed E-state index contributed by atoms with van der Waals surface area (Å²) >= 11 is 5.60. The van der Waals surface area contributed by atoms with Gasteiger partial charge in [-0.05, 0) is 66.5 Å². The van der Waals surface area contributed by atoms with E-state index in [0.717, 1.165) is 39.7 Å². The number of carbonyl (C=O) groups excluding carboxylic acids is 1. The minimum absolute atomic E-state index is 0.00434. The van der Waals surface area contributed by atoms with Crippen molar-refractivity contribution < 1.29 is 9.53 Å². The maximum absolute atomic E-state index is 12.3. The van der Waals surface area contributed by atoms with Crippen LogP contribution in [0.25, 0.3) is 0 Å². The number of benzene rings is 1. The van der Waals surface area contributed by atoms with E-state index < -0.39 is 0 Å². The minimum atomic E-state index is 0.00434. The van der Waals surface area contributed by atoms with Gasteiger partial charge < -0.3 is 10.1 Å². The van der Waals surface area contributed by atoms with Crippen LogP contribution < -0.4 is 5.32 Å². The van der Waals surface area contributed by atoms with Gasteiger partial charge in [-0.15, -0.1) is 0 Å². The monoisotopic (exact) mass is 437 g/mol. The molecule has 104 valence electrons. The molecule has 1 aliphatic heterocycles. The molecule has 1 fully saturated rings. The second-order valence-electron chi connectivity index (χ2n) is 4.84. The van der Waals surface area contributed by atoms with Crippen LogP contribution in [0.15, 0.2) is 22.7 Å². The fourth-order valence-corrected chi connectivity index (χ4v) is 3.23. The highest BCUT2D eigenvalue weighted by atomic mass is 127. The third kappa shape index (κ3) is 4.16. The van der Waals surface area contributed by atoms with E-state index in [1.807, 2.05) is 18.2 Å². The lowest BCUT2D eigenvalue weighted by Crippen LogP contribution is -2.40. The summed E-state index contributed by atoms with van der Waals surface area (Å²) in [4.78, 5) is 12.3. The van der Waals surface area contributed by atoms with Gasteiger partial charge in [0, 0.05) is 27.3 Å². The molecule has 1 N–H and O–H groups in total. The molecule has 1 amide bonds. The van der Waals surface area contributed by atoms with Gasteiger partial charge in [0.25, 0.3) is 5.91 Å². The van der Waals surface area contributed by atoms with Crippen LogP contribution in [0.2, 0.25) is 0 Å². The zero-order chi connectivity index (χ0) is 13.8. The zero-order valence-corrected chi connectivity index (χ0v) is 14.5.